The average molecular weight is 408 g/mol. The molecule has 0 fully saturated rings. The second-order valence-electron chi connectivity index (χ2n) is 5.10. The highest BCUT2D eigenvalue weighted by molar-refractivity contribution is 6.71. The summed E-state index contributed by atoms with van der Waals surface area (Å²) in [5.74, 6) is -15.5. The van der Waals surface area contributed by atoms with Gasteiger partial charge in [-0.2, -0.15) is 39.5 Å². The van der Waals surface area contributed by atoms with Crippen molar-refractivity contribution in [3.05, 3.63) is 0 Å². The maximum absolute atomic E-state index is 14.1. The van der Waals surface area contributed by atoms with E-state index >= 15 is 0 Å². The molecule has 0 N–H and O–H groups in total. The molecule has 0 unspecified atom stereocenters. The largest absolute Gasteiger partial charge is 0.542 e. The van der Waals surface area contributed by atoms with E-state index in [0.29, 0.717) is 13.8 Å². The second-order valence-corrected chi connectivity index (χ2v) is 8.03. The van der Waals surface area contributed by atoms with E-state index < -0.39 is 56.9 Å². The second kappa shape index (κ2) is 7.03. The zero-order chi connectivity index (χ0) is 20.5. The van der Waals surface area contributed by atoms with Crippen LogP contribution in [-0.2, 0) is 18.4 Å². The van der Waals surface area contributed by atoms with Crippen LogP contribution in [0.15, 0.2) is 0 Å². The van der Waals surface area contributed by atoms with Gasteiger partial charge in [-0.1, -0.05) is 0 Å². The summed E-state index contributed by atoms with van der Waals surface area (Å²) in [7, 11) is -5.97. The Balaban J connectivity index is 5.93. The van der Waals surface area contributed by atoms with E-state index in [4.69, 9.17) is 0 Å². The highest BCUT2D eigenvalue weighted by Gasteiger charge is 2.83. The van der Waals surface area contributed by atoms with E-state index in [9.17, 15) is 49.1 Å². The predicted octanol–water partition coefficient (Wildman–Crippen LogP) is 3.97. The lowest BCUT2D eigenvalue weighted by molar-refractivity contribution is -0.297. The van der Waals surface area contributed by atoms with Gasteiger partial charge in [0.1, 0.15) is 0 Å². The molecule has 0 aliphatic heterocycles. The van der Waals surface area contributed by atoms with Crippen molar-refractivity contribution < 1.29 is 58.0 Å². The number of hydrogen-bond donors (Lipinski definition) is 0. The van der Waals surface area contributed by atoms with Crippen molar-refractivity contribution in [2.45, 2.75) is 56.8 Å². The fourth-order valence-corrected chi connectivity index (χ4v) is 3.82. The van der Waals surface area contributed by atoms with Gasteiger partial charge in [-0.05, 0) is 0 Å². The fraction of sp³-hybridized carbons (Fsp3) is 0.818. The summed E-state index contributed by atoms with van der Waals surface area (Å²) in [5.41, 5.74) is -5.92. The van der Waals surface area contributed by atoms with Crippen LogP contribution in [0.25, 0.3) is 0 Å². The van der Waals surface area contributed by atoms with E-state index in [1.54, 1.807) is 0 Å². The highest BCUT2D eigenvalue weighted by atomic mass is 28.4. The molecule has 0 aromatic rings. The summed E-state index contributed by atoms with van der Waals surface area (Å²) in [6.45, 7) is 0.971. The van der Waals surface area contributed by atoms with E-state index in [1.165, 1.54) is 0 Å². The summed E-state index contributed by atoms with van der Waals surface area (Å²) in [5, 5.41) is 0. The Kier molecular flexibility index (Phi) is 6.62. The Bertz CT molecular complexity index is 502. The van der Waals surface area contributed by atoms with Gasteiger partial charge in [0.05, 0.1) is 0 Å². The number of hydrogen-bond acceptors (Lipinski definition) is 4. The minimum absolute atomic E-state index is 0.0452. The van der Waals surface area contributed by atoms with Crippen molar-refractivity contribution in [1.29, 1.82) is 0 Å². The number of carbonyl (C=O) groups excluding carboxylic acids is 2. The number of alkyl halides is 9. The Morgan fingerprint density at radius 3 is 1.44 bits per heavy atom. The van der Waals surface area contributed by atoms with Crippen LogP contribution in [0.3, 0.4) is 0 Å². The first kappa shape index (κ1) is 23.5. The van der Waals surface area contributed by atoms with Gasteiger partial charge in [0.15, 0.2) is 0 Å². The van der Waals surface area contributed by atoms with Crippen molar-refractivity contribution in [3.63, 3.8) is 0 Å². The lowest BCUT2D eigenvalue weighted by Crippen LogP contribution is -2.70. The molecule has 0 bridgehead atoms. The molecule has 0 saturated heterocycles. The first-order chi connectivity index (χ1) is 10.8. The zero-order valence-electron chi connectivity index (χ0n) is 12.9. The lowest BCUT2D eigenvalue weighted by atomic mass is 10.1. The summed E-state index contributed by atoms with van der Waals surface area (Å²) in [6.07, 6.45) is -10.4. The van der Waals surface area contributed by atoms with Gasteiger partial charge in [-0.25, -0.2) is 0 Å². The van der Waals surface area contributed by atoms with Crippen molar-refractivity contribution >= 4 is 20.5 Å². The smallest absolute Gasteiger partial charge is 0.482 e. The fourth-order valence-electron chi connectivity index (χ4n) is 1.67. The molecule has 0 aliphatic rings. The summed E-state index contributed by atoms with van der Waals surface area (Å²) in [6, 6.07) is 0. The molecule has 14 heteroatoms. The molecule has 0 saturated carbocycles. The monoisotopic (exact) mass is 408 g/mol. The van der Waals surface area contributed by atoms with Gasteiger partial charge < -0.3 is 8.85 Å². The summed E-state index contributed by atoms with van der Waals surface area (Å²) < 4.78 is 126. The molecule has 0 aromatic carbocycles. The third-order valence-electron chi connectivity index (χ3n) is 2.82. The van der Waals surface area contributed by atoms with Gasteiger partial charge in [0.2, 0.25) is 0 Å². The zero-order valence-corrected chi connectivity index (χ0v) is 13.9. The van der Waals surface area contributed by atoms with E-state index in [2.05, 4.69) is 8.85 Å². The summed E-state index contributed by atoms with van der Waals surface area (Å²) in [4.78, 5) is 21.7. The quantitative estimate of drug-likeness (QED) is 0.473. The normalized spacial score (nSPS) is 14.2. The first-order valence-corrected chi connectivity index (χ1v) is 8.70. The van der Waals surface area contributed by atoms with Crippen LogP contribution < -0.4 is 0 Å². The Hall–Kier alpha value is -1.47. The van der Waals surface area contributed by atoms with Crippen LogP contribution in [0, 0.1) is 0 Å². The van der Waals surface area contributed by atoms with Crippen molar-refractivity contribution in [2.75, 3.05) is 0 Å². The minimum Gasteiger partial charge on any atom is -0.482 e. The SMILES string of the molecule is CC(=O)O[Si](C)(OC(C)=O)C(F)(F)C(F)(F)C(F)(F)CCC(F)(F)F. The van der Waals surface area contributed by atoms with Crippen molar-refractivity contribution in [1.82, 2.24) is 0 Å². The standard InChI is InChI=1S/C11H13F9O4Si/c1-6(21)23-25(3,24-7(2)22)11(19,20)10(17,18)8(12,13)4-5-9(14,15)16/h4-5H2,1-3H3. The van der Waals surface area contributed by atoms with Crippen LogP contribution in [0.5, 0.6) is 0 Å². The molecule has 0 spiro atoms. The maximum Gasteiger partial charge on any atom is 0.542 e. The molecule has 0 heterocycles. The Morgan fingerprint density at radius 1 is 0.800 bits per heavy atom. The molecule has 0 radical (unpaired) electrons. The molecule has 0 aromatic heterocycles. The minimum atomic E-state index is -6.39. The van der Waals surface area contributed by atoms with Gasteiger partial charge >= 0.3 is 32.1 Å². The van der Waals surface area contributed by atoms with Crippen molar-refractivity contribution in [3.8, 4) is 0 Å². The van der Waals surface area contributed by atoms with Crippen LogP contribution in [-0.4, -0.2) is 44.1 Å². The van der Waals surface area contributed by atoms with Gasteiger partial charge in [0, 0.05) is 33.2 Å². The summed E-state index contributed by atoms with van der Waals surface area (Å²) >= 11 is 0. The molecule has 0 aliphatic carbocycles. The van der Waals surface area contributed by atoms with Crippen LogP contribution in [0.4, 0.5) is 39.5 Å². The van der Waals surface area contributed by atoms with E-state index in [-0.39, 0.29) is 6.55 Å². The van der Waals surface area contributed by atoms with Crippen molar-refractivity contribution in [2.24, 2.45) is 0 Å². The van der Waals surface area contributed by atoms with Gasteiger partial charge in [-0.15, -0.1) is 0 Å². The topological polar surface area (TPSA) is 52.6 Å². The Morgan fingerprint density at radius 2 is 1.16 bits per heavy atom. The Labute approximate surface area is 136 Å². The molecule has 0 atom stereocenters. The van der Waals surface area contributed by atoms with Gasteiger partial charge in [-0.3, -0.25) is 9.59 Å². The van der Waals surface area contributed by atoms with E-state index in [1.807, 2.05) is 0 Å². The highest BCUT2D eigenvalue weighted by Crippen LogP contribution is 2.52. The molecule has 0 rings (SSSR count). The number of halogens is 9. The van der Waals surface area contributed by atoms with Gasteiger partial charge in [0.25, 0.3) is 11.9 Å². The van der Waals surface area contributed by atoms with Crippen LogP contribution >= 0.6 is 0 Å². The van der Waals surface area contributed by atoms with Crippen LogP contribution in [0.2, 0.25) is 6.55 Å². The molecular weight excluding hydrogens is 395 g/mol. The number of carbonyl (C=O) groups is 2. The first-order valence-electron chi connectivity index (χ1n) is 6.38. The molecule has 148 valence electrons. The molecular formula is C11H13F9O4Si. The predicted molar refractivity (Wildman–Crippen MR) is 65.3 cm³/mol. The van der Waals surface area contributed by atoms with Crippen LogP contribution in [0.1, 0.15) is 26.7 Å². The number of rotatable bonds is 7. The molecule has 4 nitrogen and oxygen atoms in total. The third-order valence-corrected chi connectivity index (χ3v) is 5.63. The molecule has 0 amide bonds. The van der Waals surface area contributed by atoms with E-state index in [0.717, 1.165) is 0 Å². The third kappa shape index (κ3) is 5.25. The average Bonchev–Trinajstić information content (AvgIpc) is 2.32. The maximum atomic E-state index is 14.1. The lowest BCUT2D eigenvalue weighted by Gasteiger charge is -2.39. The molecule has 25 heavy (non-hydrogen) atoms.